The molecule has 0 radical (unpaired) electrons. The number of nitrogens with two attached hydrogens (primary N) is 1. The van der Waals surface area contributed by atoms with E-state index in [1.165, 1.54) is 18.4 Å². The van der Waals surface area contributed by atoms with Crippen molar-refractivity contribution >= 4 is 0 Å². The molecule has 1 atom stereocenters. The molecule has 2 rings (SSSR count). The number of phenolic OH excluding ortho intramolecular Hbond substituents is 1. The number of aryl methyl sites for hydroxylation is 2. The fourth-order valence-electron chi connectivity index (χ4n) is 2.37. The second-order valence-electron chi connectivity index (χ2n) is 4.78. The van der Waals surface area contributed by atoms with Gasteiger partial charge < -0.3 is 10.8 Å². The summed E-state index contributed by atoms with van der Waals surface area (Å²) < 4.78 is 0. The Bertz CT molecular complexity index is 346. The Labute approximate surface area is 91.1 Å². The van der Waals surface area contributed by atoms with Crippen molar-refractivity contribution in [3.63, 3.8) is 0 Å². The van der Waals surface area contributed by atoms with Gasteiger partial charge in [0.25, 0.3) is 0 Å². The molecule has 0 saturated heterocycles. The predicted molar refractivity (Wildman–Crippen MR) is 61.9 cm³/mol. The van der Waals surface area contributed by atoms with Crippen LogP contribution >= 0.6 is 0 Å². The molecule has 3 N–H and O–H groups in total. The van der Waals surface area contributed by atoms with Crippen molar-refractivity contribution in [1.29, 1.82) is 0 Å². The SMILES string of the molecule is Cc1cc(O)cc(C)c1[C@H](N)CC1CC1. The largest absolute Gasteiger partial charge is 0.508 e. The van der Waals surface area contributed by atoms with Gasteiger partial charge in [0.05, 0.1) is 0 Å². The summed E-state index contributed by atoms with van der Waals surface area (Å²) in [6.45, 7) is 4.05. The summed E-state index contributed by atoms with van der Waals surface area (Å²) >= 11 is 0. The van der Waals surface area contributed by atoms with Gasteiger partial charge in [-0.2, -0.15) is 0 Å². The third-order valence-corrected chi connectivity index (χ3v) is 3.23. The average Bonchev–Trinajstić information content (AvgIpc) is 2.85. The lowest BCUT2D eigenvalue weighted by atomic mass is 9.93. The molecule has 0 amide bonds. The van der Waals surface area contributed by atoms with E-state index >= 15 is 0 Å². The van der Waals surface area contributed by atoms with Gasteiger partial charge in [0.1, 0.15) is 5.75 Å². The molecule has 82 valence electrons. The lowest BCUT2D eigenvalue weighted by Gasteiger charge is -2.17. The third kappa shape index (κ3) is 2.32. The van der Waals surface area contributed by atoms with Crippen molar-refractivity contribution in [2.24, 2.45) is 11.7 Å². The van der Waals surface area contributed by atoms with Crippen LogP contribution in [-0.2, 0) is 0 Å². The first-order chi connectivity index (χ1) is 7.08. The van der Waals surface area contributed by atoms with Gasteiger partial charge in [0.2, 0.25) is 0 Å². The zero-order chi connectivity index (χ0) is 11.0. The Morgan fingerprint density at radius 3 is 2.33 bits per heavy atom. The topological polar surface area (TPSA) is 46.2 Å². The molecule has 15 heavy (non-hydrogen) atoms. The van der Waals surface area contributed by atoms with E-state index < -0.39 is 0 Å². The summed E-state index contributed by atoms with van der Waals surface area (Å²) in [5.41, 5.74) is 9.65. The monoisotopic (exact) mass is 205 g/mol. The average molecular weight is 205 g/mol. The molecule has 1 saturated carbocycles. The summed E-state index contributed by atoms with van der Waals surface area (Å²) in [5, 5.41) is 9.45. The summed E-state index contributed by atoms with van der Waals surface area (Å²) in [6.07, 6.45) is 3.76. The smallest absolute Gasteiger partial charge is 0.116 e. The summed E-state index contributed by atoms with van der Waals surface area (Å²) in [6, 6.07) is 3.74. The Morgan fingerprint density at radius 1 is 1.33 bits per heavy atom. The Balaban J connectivity index is 2.24. The van der Waals surface area contributed by atoms with Crippen LogP contribution in [0.3, 0.4) is 0 Å². The first kappa shape index (κ1) is 10.5. The molecule has 0 aromatic heterocycles. The number of hydrogen-bond acceptors (Lipinski definition) is 2. The molecule has 0 bridgehead atoms. The molecule has 0 unspecified atom stereocenters. The maximum atomic E-state index is 9.45. The standard InChI is InChI=1S/C13H19NO/c1-8-5-11(15)6-9(2)13(8)12(14)7-10-3-4-10/h5-6,10,12,15H,3-4,7,14H2,1-2H3/t12-/m1/s1. The molecule has 2 heteroatoms. The predicted octanol–water partition coefficient (Wildman–Crippen LogP) is 2.81. The zero-order valence-corrected chi connectivity index (χ0v) is 9.46. The van der Waals surface area contributed by atoms with Gasteiger partial charge in [-0.05, 0) is 55.0 Å². The molecule has 1 aliphatic rings. The lowest BCUT2D eigenvalue weighted by molar-refractivity contribution is 0.473. The number of phenols is 1. The van der Waals surface area contributed by atoms with E-state index in [1.54, 1.807) is 12.1 Å². The van der Waals surface area contributed by atoms with Crippen molar-refractivity contribution in [3.8, 4) is 5.75 Å². The molecule has 0 aliphatic heterocycles. The third-order valence-electron chi connectivity index (χ3n) is 3.23. The first-order valence-corrected chi connectivity index (χ1v) is 5.63. The highest BCUT2D eigenvalue weighted by Gasteiger charge is 2.25. The van der Waals surface area contributed by atoms with Gasteiger partial charge in [-0.3, -0.25) is 0 Å². The van der Waals surface area contributed by atoms with Crippen LogP contribution in [0, 0.1) is 19.8 Å². The molecular weight excluding hydrogens is 186 g/mol. The highest BCUT2D eigenvalue weighted by molar-refractivity contribution is 5.42. The Hall–Kier alpha value is -1.02. The number of hydrogen-bond donors (Lipinski definition) is 2. The zero-order valence-electron chi connectivity index (χ0n) is 9.46. The molecule has 1 aromatic rings. The van der Waals surface area contributed by atoms with Crippen LogP contribution in [0.4, 0.5) is 0 Å². The minimum Gasteiger partial charge on any atom is -0.508 e. The van der Waals surface area contributed by atoms with Crippen molar-refractivity contribution in [2.45, 2.75) is 39.2 Å². The van der Waals surface area contributed by atoms with Gasteiger partial charge in [-0.15, -0.1) is 0 Å². The van der Waals surface area contributed by atoms with E-state index in [2.05, 4.69) is 0 Å². The molecule has 1 fully saturated rings. The van der Waals surface area contributed by atoms with Crippen LogP contribution in [0.5, 0.6) is 5.75 Å². The van der Waals surface area contributed by atoms with E-state index in [0.717, 1.165) is 23.5 Å². The van der Waals surface area contributed by atoms with Crippen molar-refractivity contribution in [2.75, 3.05) is 0 Å². The van der Waals surface area contributed by atoms with Gasteiger partial charge in [-0.1, -0.05) is 12.8 Å². The summed E-state index contributed by atoms with van der Waals surface area (Å²) in [5.74, 6) is 1.18. The number of rotatable bonds is 3. The number of benzene rings is 1. The van der Waals surface area contributed by atoms with Crippen molar-refractivity contribution in [3.05, 3.63) is 28.8 Å². The number of aromatic hydroxyl groups is 1. The van der Waals surface area contributed by atoms with Crippen LogP contribution in [0.2, 0.25) is 0 Å². The van der Waals surface area contributed by atoms with E-state index in [9.17, 15) is 5.11 Å². The molecule has 0 heterocycles. The molecule has 1 aromatic carbocycles. The minimum absolute atomic E-state index is 0.137. The van der Waals surface area contributed by atoms with E-state index in [1.807, 2.05) is 13.8 Å². The van der Waals surface area contributed by atoms with E-state index in [4.69, 9.17) is 5.73 Å². The maximum absolute atomic E-state index is 9.45. The van der Waals surface area contributed by atoms with Crippen LogP contribution < -0.4 is 5.73 Å². The molecular formula is C13H19NO. The quantitative estimate of drug-likeness (QED) is 0.797. The maximum Gasteiger partial charge on any atom is 0.116 e. The first-order valence-electron chi connectivity index (χ1n) is 5.63. The van der Waals surface area contributed by atoms with E-state index in [-0.39, 0.29) is 6.04 Å². The fraction of sp³-hybridized carbons (Fsp3) is 0.538. The normalized spacial score (nSPS) is 17.8. The van der Waals surface area contributed by atoms with Crippen LogP contribution in [0.25, 0.3) is 0 Å². The lowest BCUT2D eigenvalue weighted by Crippen LogP contribution is -2.14. The van der Waals surface area contributed by atoms with Crippen molar-refractivity contribution in [1.82, 2.24) is 0 Å². The summed E-state index contributed by atoms with van der Waals surface area (Å²) in [4.78, 5) is 0. The van der Waals surface area contributed by atoms with E-state index in [0.29, 0.717) is 5.75 Å². The highest BCUT2D eigenvalue weighted by atomic mass is 16.3. The minimum atomic E-state index is 0.137. The highest BCUT2D eigenvalue weighted by Crippen LogP contribution is 2.38. The fourth-order valence-corrected chi connectivity index (χ4v) is 2.37. The van der Waals surface area contributed by atoms with Crippen LogP contribution in [0.1, 0.15) is 42.0 Å². The van der Waals surface area contributed by atoms with Crippen molar-refractivity contribution < 1.29 is 5.11 Å². The molecule has 1 aliphatic carbocycles. The van der Waals surface area contributed by atoms with Gasteiger partial charge in [0, 0.05) is 6.04 Å². The van der Waals surface area contributed by atoms with Gasteiger partial charge >= 0.3 is 0 Å². The van der Waals surface area contributed by atoms with Gasteiger partial charge in [-0.25, -0.2) is 0 Å². The second kappa shape index (κ2) is 3.86. The molecule has 0 spiro atoms. The second-order valence-corrected chi connectivity index (χ2v) is 4.78. The Morgan fingerprint density at radius 2 is 1.87 bits per heavy atom. The molecule has 2 nitrogen and oxygen atoms in total. The van der Waals surface area contributed by atoms with Crippen LogP contribution in [-0.4, -0.2) is 5.11 Å². The summed E-state index contributed by atoms with van der Waals surface area (Å²) in [7, 11) is 0. The van der Waals surface area contributed by atoms with Crippen LogP contribution in [0.15, 0.2) is 12.1 Å². The van der Waals surface area contributed by atoms with Gasteiger partial charge in [0.15, 0.2) is 0 Å². The Kier molecular flexibility index (Phi) is 2.70.